The van der Waals surface area contributed by atoms with E-state index in [2.05, 4.69) is 31.2 Å². The number of amides is 1. The van der Waals surface area contributed by atoms with Crippen molar-refractivity contribution in [3.8, 4) is 0 Å². The van der Waals surface area contributed by atoms with Crippen molar-refractivity contribution in [1.82, 2.24) is 4.90 Å². The Hall–Kier alpha value is -1.78. The van der Waals surface area contributed by atoms with Crippen LogP contribution in [0.15, 0.2) is 24.3 Å². The number of ether oxygens (including phenoxy) is 2. The summed E-state index contributed by atoms with van der Waals surface area (Å²) in [4.78, 5) is 24.9. The molecule has 0 unspecified atom stereocenters. The number of hydrogen-bond acceptors (Lipinski definition) is 4. The maximum atomic E-state index is 11.6. The fourth-order valence-corrected chi connectivity index (χ4v) is 3.29. The topological polar surface area (TPSA) is 55.8 Å². The van der Waals surface area contributed by atoms with Crippen LogP contribution < -0.4 is 0 Å². The van der Waals surface area contributed by atoms with Crippen LogP contribution in [-0.2, 0) is 14.3 Å². The highest BCUT2D eigenvalue weighted by Crippen LogP contribution is 2.10. The lowest BCUT2D eigenvalue weighted by Crippen LogP contribution is -2.29. The van der Waals surface area contributed by atoms with Crippen LogP contribution in [0, 0.1) is 0 Å². The maximum absolute atomic E-state index is 11.6. The minimum absolute atomic E-state index is 0.269. The average molecular weight is 408 g/mol. The van der Waals surface area contributed by atoms with Crippen LogP contribution >= 0.6 is 0 Å². The van der Waals surface area contributed by atoms with Gasteiger partial charge in [-0.3, -0.25) is 4.79 Å². The van der Waals surface area contributed by atoms with E-state index in [1.807, 2.05) is 0 Å². The second-order valence-electron chi connectivity index (χ2n) is 7.72. The van der Waals surface area contributed by atoms with Gasteiger partial charge in [-0.25, -0.2) is 4.79 Å². The second-order valence-corrected chi connectivity index (χ2v) is 7.72. The molecule has 0 aromatic rings. The van der Waals surface area contributed by atoms with Gasteiger partial charge in [0, 0.05) is 19.5 Å². The molecule has 0 spiro atoms. The summed E-state index contributed by atoms with van der Waals surface area (Å²) >= 11 is 0. The molecule has 0 radical (unpaired) electrons. The Kier molecular flexibility index (Phi) is 15.9. The molecule has 5 heteroatoms. The largest absolute Gasteiger partial charge is 0.428 e. The molecule has 1 amide bonds. The highest BCUT2D eigenvalue weighted by atomic mass is 16.7. The minimum Gasteiger partial charge on any atom is -0.428 e. The fourth-order valence-electron chi connectivity index (χ4n) is 3.29. The molecule has 1 saturated heterocycles. The minimum atomic E-state index is -0.382. The van der Waals surface area contributed by atoms with Crippen molar-refractivity contribution in [2.24, 2.45) is 0 Å². The molecule has 0 atom stereocenters. The van der Waals surface area contributed by atoms with Crippen LogP contribution in [0.1, 0.15) is 96.8 Å². The average Bonchev–Trinajstić information content (AvgIpc) is 3.26. The summed E-state index contributed by atoms with van der Waals surface area (Å²) in [5.41, 5.74) is 0. The third-order valence-electron chi connectivity index (χ3n) is 5.10. The van der Waals surface area contributed by atoms with Crippen LogP contribution in [0.5, 0.6) is 0 Å². The van der Waals surface area contributed by atoms with Crippen molar-refractivity contribution >= 4 is 12.1 Å². The molecule has 29 heavy (non-hydrogen) atoms. The van der Waals surface area contributed by atoms with E-state index in [4.69, 9.17) is 9.47 Å². The molecule has 1 aliphatic heterocycles. The van der Waals surface area contributed by atoms with Crippen molar-refractivity contribution in [2.75, 3.05) is 19.9 Å². The number of carbonyl (C=O) groups excluding carboxylic acids is 2. The Morgan fingerprint density at radius 2 is 1.41 bits per heavy atom. The van der Waals surface area contributed by atoms with Gasteiger partial charge in [-0.15, -0.1) is 0 Å². The third kappa shape index (κ3) is 14.8. The number of carbonyl (C=O) groups is 2. The molecule has 0 bridgehead atoms. The first kappa shape index (κ1) is 25.3. The molecule has 0 aliphatic carbocycles. The molecular formula is C24H41NO4. The Balaban J connectivity index is 1.83. The molecule has 1 aliphatic rings. The maximum Gasteiger partial charge on any atom is 0.412 e. The summed E-state index contributed by atoms with van der Waals surface area (Å²) in [7, 11) is 0. The van der Waals surface area contributed by atoms with Gasteiger partial charge in [-0.2, -0.15) is 0 Å². The molecule has 0 aromatic carbocycles. The zero-order chi connectivity index (χ0) is 21.0. The smallest absolute Gasteiger partial charge is 0.412 e. The van der Waals surface area contributed by atoms with Crippen LogP contribution in [0.2, 0.25) is 0 Å². The van der Waals surface area contributed by atoms with Gasteiger partial charge in [0.15, 0.2) is 0 Å². The standard InChI is InChI=1S/C24H41NO4/c1-2-3-4-5-6-7-8-9-10-11-12-13-14-15-16-19-23(26)28-22-29-24(27)25-20-17-18-21-25/h6-7,9-10H,2-5,8,11-22H2,1H3/b7-6-,10-9-. The molecule has 166 valence electrons. The molecule has 5 nitrogen and oxygen atoms in total. The van der Waals surface area contributed by atoms with E-state index < -0.39 is 0 Å². The van der Waals surface area contributed by atoms with E-state index in [1.54, 1.807) is 4.90 Å². The summed E-state index contributed by atoms with van der Waals surface area (Å²) in [5, 5.41) is 0. The van der Waals surface area contributed by atoms with Gasteiger partial charge in [0.25, 0.3) is 0 Å². The van der Waals surface area contributed by atoms with Gasteiger partial charge in [0.2, 0.25) is 6.79 Å². The highest BCUT2D eigenvalue weighted by molar-refractivity contribution is 5.70. The number of esters is 1. The summed E-state index contributed by atoms with van der Waals surface area (Å²) < 4.78 is 9.93. The first-order chi connectivity index (χ1) is 14.2. The van der Waals surface area contributed by atoms with Crippen molar-refractivity contribution in [3.05, 3.63) is 24.3 Å². The van der Waals surface area contributed by atoms with Gasteiger partial charge in [0.05, 0.1) is 0 Å². The molecule has 1 heterocycles. The number of hydrogen-bond donors (Lipinski definition) is 0. The Morgan fingerprint density at radius 1 is 0.793 bits per heavy atom. The lowest BCUT2D eigenvalue weighted by atomic mass is 10.1. The summed E-state index contributed by atoms with van der Waals surface area (Å²) in [5.74, 6) is -0.287. The number of likely N-dealkylation sites (tertiary alicyclic amines) is 1. The fraction of sp³-hybridized carbons (Fsp3) is 0.750. The van der Waals surface area contributed by atoms with E-state index in [0.29, 0.717) is 6.42 Å². The van der Waals surface area contributed by atoms with Gasteiger partial charge in [0.1, 0.15) is 0 Å². The van der Waals surface area contributed by atoms with Crippen molar-refractivity contribution in [3.63, 3.8) is 0 Å². The number of rotatable bonds is 16. The van der Waals surface area contributed by atoms with Gasteiger partial charge in [-0.05, 0) is 51.4 Å². The van der Waals surface area contributed by atoms with Crippen LogP contribution in [0.4, 0.5) is 4.79 Å². The van der Waals surface area contributed by atoms with Gasteiger partial charge < -0.3 is 14.4 Å². The molecule has 0 N–H and O–H groups in total. The normalized spacial score (nSPS) is 14.2. The van der Waals surface area contributed by atoms with Crippen molar-refractivity contribution in [1.29, 1.82) is 0 Å². The van der Waals surface area contributed by atoms with E-state index in [1.165, 1.54) is 38.5 Å². The molecule has 0 aromatic heterocycles. The Morgan fingerprint density at radius 3 is 2.10 bits per heavy atom. The Bertz CT molecular complexity index is 481. The van der Waals surface area contributed by atoms with Gasteiger partial charge in [-0.1, -0.05) is 63.3 Å². The highest BCUT2D eigenvalue weighted by Gasteiger charge is 2.19. The zero-order valence-corrected chi connectivity index (χ0v) is 18.4. The summed E-state index contributed by atoms with van der Waals surface area (Å²) in [6.45, 7) is 3.43. The van der Waals surface area contributed by atoms with Crippen LogP contribution in [-0.4, -0.2) is 36.8 Å². The van der Waals surface area contributed by atoms with E-state index >= 15 is 0 Å². The van der Waals surface area contributed by atoms with E-state index in [0.717, 1.165) is 58.0 Å². The quantitative estimate of drug-likeness (QED) is 0.126. The molecular weight excluding hydrogens is 366 g/mol. The lowest BCUT2D eigenvalue weighted by molar-refractivity contribution is -0.152. The molecule has 1 rings (SSSR count). The van der Waals surface area contributed by atoms with E-state index in [-0.39, 0.29) is 18.9 Å². The SMILES string of the molecule is CCCCC/C=C\C/C=C\CCCCCCCC(=O)OCOC(=O)N1CCCC1. The van der Waals surface area contributed by atoms with Crippen molar-refractivity contribution in [2.45, 2.75) is 96.8 Å². The number of nitrogens with zero attached hydrogens (tertiary/aromatic N) is 1. The van der Waals surface area contributed by atoms with Crippen LogP contribution in [0.25, 0.3) is 0 Å². The van der Waals surface area contributed by atoms with E-state index in [9.17, 15) is 9.59 Å². The summed E-state index contributed by atoms with van der Waals surface area (Å²) in [6, 6.07) is 0. The first-order valence-electron chi connectivity index (χ1n) is 11.6. The molecule has 0 saturated carbocycles. The lowest BCUT2D eigenvalue weighted by Gasteiger charge is -2.14. The zero-order valence-electron chi connectivity index (χ0n) is 18.4. The number of allylic oxidation sites excluding steroid dienone is 4. The number of unbranched alkanes of at least 4 members (excludes halogenated alkanes) is 8. The Labute approximate surface area is 177 Å². The van der Waals surface area contributed by atoms with Crippen LogP contribution in [0.3, 0.4) is 0 Å². The predicted molar refractivity (Wildman–Crippen MR) is 118 cm³/mol. The first-order valence-corrected chi connectivity index (χ1v) is 11.6. The monoisotopic (exact) mass is 407 g/mol. The summed E-state index contributed by atoms with van der Waals surface area (Å²) in [6.07, 6.45) is 23.8. The third-order valence-corrected chi connectivity index (χ3v) is 5.10. The van der Waals surface area contributed by atoms with Gasteiger partial charge >= 0.3 is 12.1 Å². The van der Waals surface area contributed by atoms with Crippen molar-refractivity contribution < 1.29 is 19.1 Å². The second kappa shape index (κ2) is 18.3. The molecule has 1 fully saturated rings. The predicted octanol–water partition coefficient (Wildman–Crippen LogP) is 6.53.